The maximum Gasteiger partial charge on any atom is 0.234 e. The number of nitrogens with zero attached hydrogens (tertiary/aromatic N) is 1. The number of allylic oxidation sites excluding steroid dienone is 2. The summed E-state index contributed by atoms with van der Waals surface area (Å²) in [6.07, 6.45) is 7.60. The highest BCUT2D eigenvalue weighted by atomic mass is 32.2. The van der Waals surface area contributed by atoms with Crippen LogP contribution in [0.1, 0.15) is 32.1 Å². The largest absolute Gasteiger partial charge is 0.358 e. The van der Waals surface area contributed by atoms with Gasteiger partial charge in [0.1, 0.15) is 5.75 Å². The summed E-state index contributed by atoms with van der Waals surface area (Å²) in [7, 11) is -2.00. The zero-order valence-corrected chi connectivity index (χ0v) is 13.8. The molecule has 1 saturated heterocycles. The van der Waals surface area contributed by atoms with Crippen LogP contribution in [0, 0.1) is 5.92 Å². The number of hydrogen-bond donors (Lipinski definition) is 1. The van der Waals surface area contributed by atoms with Gasteiger partial charge in [-0.15, -0.1) is 0 Å². The minimum Gasteiger partial charge on any atom is -0.358 e. The number of piperidine rings is 1. The third-order valence-corrected chi connectivity index (χ3v) is 6.64. The zero-order valence-electron chi connectivity index (χ0n) is 13.0. The molecule has 2 amide bonds. The lowest BCUT2D eigenvalue weighted by atomic mass is 9.92. The molecule has 0 saturated carbocycles. The van der Waals surface area contributed by atoms with Crippen molar-refractivity contribution in [3.63, 3.8) is 0 Å². The van der Waals surface area contributed by atoms with E-state index in [2.05, 4.69) is 11.4 Å². The maximum atomic E-state index is 12.4. The van der Waals surface area contributed by atoms with E-state index in [1.807, 2.05) is 6.08 Å². The standard InChI is InChI=1S/C15H24N2O4S/c1-16-14(18)11-22(20,21)13-7-9-17(10-8-13)15(19)12-5-3-2-4-6-12/h2-3,12-13H,4-11H2,1H3,(H,16,18)/t12-/m0/s1. The SMILES string of the molecule is CNC(=O)CS(=O)(=O)C1CCN(C(=O)[C@H]2CC=CCC2)CC1. The van der Waals surface area contributed by atoms with Crippen molar-refractivity contribution in [2.24, 2.45) is 5.92 Å². The van der Waals surface area contributed by atoms with E-state index in [1.165, 1.54) is 7.05 Å². The van der Waals surface area contributed by atoms with Crippen LogP contribution in [0.15, 0.2) is 12.2 Å². The highest BCUT2D eigenvalue weighted by molar-refractivity contribution is 7.92. The predicted molar refractivity (Wildman–Crippen MR) is 83.9 cm³/mol. The van der Waals surface area contributed by atoms with Crippen LogP contribution in [0.2, 0.25) is 0 Å². The van der Waals surface area contributed by atoms with Crippen LogP contribution in [0.3, 0.4) is 0 Å². The first-order chi connectivity index (χ1) is 10.4. The summed E-state index contributed by atoms with van der Waals surface area (Å²) < 4.78 is 24.3. The minimum absolute atomic E-state index is 0.0454. The lowest BCUT2D eigenvalue weighted by Crippen LogP contribution is -2.46. The molecule has 0 aromatic carbocycles. The van der Waals surface area contributed by atoms with Crippen molar-refractivity contribution in [1.29, 1.82) is 0 Å². The van der Waals surface area contributed by atoms with E-state index in [0.29, 0.717) is 25.9 Å². The normalized spacial score (nSPS) is 23.3. The fourth-order valence-corrected chi connectivity index (χ4v) is 4.76. The lowest BCUT2D eigenvalue weighted by molar-refractivity contribution is -0.136. The van der Waals surface area contributed by atoms with Gasteiger partial charge in [0.2, 0.25) is 11.8 Å². The van der Waals surface area contributed by atoms with E-state index in [4.69, 9.17) is 0 Å². The Labute approximate surface area is 131 Å². The second-order valence-corrected chi connectivity index (χ2v) is 8.27. The van der Waals surface area contributed by atoms with Crippen molar-refractivity contribution in [3.8, 4) is 0 Å². The number of hydrogen-bond acceptors (Lipinski definition) is 4. The Balaban J connectivity index is 1.88. The summed E-state index contributed by atoms with van der Waals surface area (Å²) in [4.78, 5) is 25.5. The molecule has 22 heavy (non-hydrogen) atoms. The van der Waals surface area contributed by atoms with Crippen molar-refractivity contribution < 1.29 is 18.0 Å². The second kappa shape index (κ2) is 7.26. The van der Waals surface area contributed by atoms with Crippen molar-refractivity contribution in [3.05, 3.63) is 12.2 Å². The maximum absolute atomic E-state index is 12.4. The van der Waals surface area contributed by atoms with Gasteiger partial charge in [0.25, 0.3) is 0 Å². The average Bonchev–Trinajstić information content (AvgIpc) is 2.54. The predicted octanol–water partition coefficient (Wildman–Crippen LogP) is 0.495. The number of likely N-dealkylation sites (tertiary alicyclic amines) is 1. The van der Waals surface area contributed by atoms with Gasteiger partial charge >= 0.3 is 0 Å². The van der Waals surface area contributed by atoms with Crippen LogP contribution in [-0.2, 0) is 19.4 Å². The molecule has 2 aliphatic rings. The molecule has 2 rings (SSSR count). The third-order valence-electron chi connectivity index (χ3n) is 4.49. The lowest BCUT2D eigenvalue weighted by Gasteiger charge is -2.34. The zero-order chi connectivity index (χ0) is 16.2. The van der Waals surface area contributed by atoms with Crippen molar-refractivity contribution in [1.82, 2.24) is 10.2 Å². The number of carbonyl (C=O) groups excluding carboxylic acids is 2. The number of carbonyl (C=O) groups is 2. The summed E-state index contributed by atoms with van der Waals surface area (Å²) in [5.41, 5.74) is 0. The number of nitrogens with one attached hydrogen (secondary N) is 1. The topological polar surface area (TPSA) is 83.6 Å². The molecular weight excluding hydrogens is 304 g/mol. The Morgan fingerprint density at radius 2 is 1.86 bits per heavy atom. The fourth-order valence-electron chi connectivity index (χ4n) is 3.08. The molecule has 1 atom stereocenters. The van der Waals surface area contributed by atoms with Gasteiger partial charge in [0.05, 0.1) is 5.25 Å². The molecule has 1 heterocycles. The summed E-state index contributed by atoms with van der Waals surface area (Å²) >= 11 is 0. The minimum atomic E-state index is -3.43. The van der Waals surface area contributed by atoms with Gasteiger partial charge in [-0.3, -0.25) is 9.59 Å². The highest BCUT2D eigenvalue weighted by Gasteiger charge is 2.34. The van der Waals surface area contributed by atoms with Crippen LogP contribution < -0.4 is 5.32 Å². The molecule has 0 aromatic rings. The molecule has 1 fully saturated rings. The van der Waals surface area contributed by atoms with Crippen molar-refractivity contribution in [2.45, 2.75) is 37.4 Å². The van der Waals surface area contributed by atoms with Crippen LogP contribution in [0.5, 0.6) is 0 Å². The molecule has 7 heteroatoms. The third kappa shape index (κ3) is 4.09. The molecule has 0 radical (unpaired) electrons. The first-order valence-corrected chi connectivity index (χ1v) is 9.51. The van der Waals surface area contributed by atoms with Crippen LogP contribution >= 0.6 is 0 Å². The quantitative estimate of drug-likeness (QED) is 0.762. The molecule has 124 valence electrons. The Kier molecular flexibility index (Phi) is 5.61. The molecule has 6 nitrogen and oxygen atoms in total. The van der Waals surface area contributed by atoms with Gasteiger partial charge in [-0.25, -0.2) is 8.42 Å². The van der Waals surface area contributed by atoms with E-state index in [0.717, 1.165) is 19.3 Å². The van der Waals surface area contributed by atoms with Gasteiger partial charge in [-0.2, -0.15) is 0 Å². The average molecular weight is 328 g/mol. The Morgan fingerprint density at radius 1 is 1.18 bits per heavy atom. The van der Waals surface area contributed by atoms with Gasteiger partial charge in [0.15, 0.2) is 9.84 Å². The van der Waals surface area contributed by atoms with Crippen molar-refractivity contribution in [2.75, 3.05) is 25.9 Å². The summed E-state index contributed by atoms with van der Waals surface area (Å²) in [6.45, 7) is 0.938. The van der Waals surface area contributed by atoms with E-state index >= 15 is 0 Å². The Bertz CT molecular complexity index is 548. The molecule has 0 spiro atoms. The van der Waals surface area contributed by atoms with E-state index in [9.17, 15) is 18.0 Å². The highest BCUT2D eigenvalue weighted by Crippen LogP contribution is 2.24. The van der Waals surface area contributed by atoms with E-state index < -0.39 is 26.7 Å². The first kappa shape index (κ1) is 17.0. The first-order valence-electron chi connectivity index (χ1n) is 7.80. The Hall–Kier alpha value is -1.37. The van der Waals surface area contributed by atoms with E-state index in [-0.39, 0.29) is 11.8 Å². The van der Waals surface area contributed by atoms with Crippen LogP contribution in [0.4, 0.5) is 0 Å². The number of sulfone groups is 1. The van der Waals surface area contributed by atoms with Crippen molar-refractivity contribution >= 4 is 21.7 Å². The number of amides is 2. The molecule has 0 aromatic heterocycles. The second-order valence-electron chi connectivity index (χ2n) is 5.99. The number of rotatable bonds is 4. The summed E-state index contributed by atoms with van der Waals surface area (Å²) in [6, 6.07) is 0. The van der Waals surface area contributed by atoms with Gasteiger partial charge in [0, 0.05) is 26.1 Å². The molecule has 0 unspecified atom stereocenters. The van der Waals surface area contributed by atoms with Gasteiger partial charge in [-0.1, -0.05) is 12.2 Å². The monoisotopic (exact) mass is 328 g/mol. The molecular formula is C15H24N2O4S. The van der Waals surface area contributed by atoms with E-state index in [1.54, 1.807) is 4.90 Å². The summed E-state index contributed by atoms with van der Waals surface area (Å²) in [5.74, 6) is -0.752. The van der Waals surface area contributed by atoms with Crippen LogP contribution in [-0.4, -0.2) is 56.3 Å². The van der Waals surface area contributed by atoms with Crippen LogP contribution in [0.25, 0.3) is 0 Å². The molecule has 1 aliphatic carbocycles. The van der Waals surface area contributed by atoms with Gasteiger partial charge < -0.3 is 10.2 Å². The smallest absolute Gasteiger partial charge is 0.234 e. The molecule has 0 bridgehead atoms. The Morgan fingerprint density at radius 3 is 2.41 bits per heavy atom. The molecule has 1 aliphatic heterocycles. The molecule has 1 N–H and O–H groups in total. The fraction of sp³-hybridized carbons (Fsp3) is 0.733. The summed E-state index contributed by atoms with van der Waals surface area (Å²) in [5, 5.41) is 1.83. The van der Waals surface area contributed by atoms with Gasteiger partial charge in [-0.05, 0) is 32.1 Å².